The fourth-order valence-electron chi connectivity index (χ4n) is 2.72. The molecule has 2 rings (SSSR count). The van der Waals surface area contributed by atoms with E-state index < -0.39 is 0 Å². The van der Waals surface area contributed by atoms with Gasteiger partial charge in [0.15, 0.2) is 0 Å². The van der Waals surface area contributed by atoms with Gasteiger partial charge >= 0.3 is 0 Å². The van der Waals surface area contributed by atoms with Crippen molar-refractivity contribution in [1.82, 2.24) is 10.3 Å². The van der Waals surface area contributed by atoms with Gasteiger partial charge in [0.1, 0.15) is 5.82 Å². The molecule has 1 aliphatic heterocycles. The van der Waals surface area contributed by atoms with Crippen LogP contribution in [-0.2, 0) is 0 Å². The van der Waals surface area contributed by atoms with E-state index >= 15 is 0 Å². The van der Waals surface area contributed by atoms with Crippen LogP contribution in [0.4, 0.5) is 5.82 Å². The van der Waals surface area contributed by atoms with Crippen molar-refractivity contribution in [2.75, 3.05) is 23.8 Å². The van der Waals surface area contributed by atoms with Crippen LogP contribution in [0.25, 0.3) is 0 Å². The number of aromatic nitrogens is 1. The lowest BCUT2D eigenvalue weighted by molar-refractivity contribution is 0.513. The molecule has 0 bridgehead atoms. The highest BCUT2D eigenvalue weighted by Gasteiger charge is 2.33. The van der Waals surface area contributed by atoms with Gasteiger partial charge < -0.3 is 11.1 Å². The molecule has 3 unspecified atom stereocenters. The van der Waals surface area contributed by atoms with Crippen molar-refractivity contribution in [1.29, 1.82) is 0 Å². The van der Waals surface area contributed by atoms with Gasteiger partial charge in [0.2, 0.25) is 0 Å². The molecule has 3 nitrogen and oxygen atoms in total. The number of anilines is 1. The Hall–Kier alpha value is -0.390. The van der Waals surface area contributed by atoms with Crippen LogP contribution in [0.3, 0.4) is 0 Å². The fourth-order valence-corrected chi connectivity index (χ4v) is 5.96. The Morgan fingerprint density at radius 1 is 1.40 bits per heavy atom. The van der Waals surface area contributed by atoms with Crippen molar-refractivity contribution in [3.63, 3.8) is 0 Å². The number of hydrogen-bond donors (Lipinski definition) is 2. The Bertz CT molecular complexity index is 439. The number of rotatable bonds is 5. The SMILES string of the molecule is CCNC(c1cc(C)cnc1N)C1SCCSC1CC. The van der Waals surface area contributed by atoms with Gasteiger partial charge in [-0.3, -0.25) is 0 Å². The summed E-state index contributed by atoms with van der Waals surface area (Å²) in [5.74, 6) is 3.17. The first kappa shape index (κ1) is 16.0. The number of nitrogens with zero attached hydrogens (tertiary/aromatic N) is 1. The quantitative estimate of drug-likeness (QED) is 0.874. The number of pyridine rings is 1. The van der Waals surface area contributed by atoms with Gasteiger partial charge in [0.05, 0.1) is 0 Å². The monoisotopic (exact) mass is 311 g/mol. The van der Waals surface area contributed by atoms with E-state index in [4.69, 9.17) is 5.73 Å². The Morgan fingerprint density at radius 2 is 2.15 bits per heavy atom. The second-order valence-electron chi connectivity index (χ2n) is 5.18. The third-order valence-corrected chi connectivity index (χ3v) is 7.02. The van der Waals surface area contributed by atoms with Crippen LogP contribution < -0.4 is 11.1 Å². The average molecular weight is 312 g/mol. The number of hydrogen-bond acceptors (Lipinski definition) is 5. The molecular formula is C15H25N3S2. The number of nitrogens with one attached hydrogen (secondary N) is 1. The molecule has 1 saturated heterocycles. The fraction of sp³-hybridized carbons (Fsp3) is 0.667. The van der Waals surface area contributed by atoms with E-state index in [0.717, 1.165) is 6.54 Å². The Balaban J connectivity index is 2.31. The predicted molar refractivity (Wildman–Crippen MR) is 92.6 cm³/mol. The Labute approximate surface area is 130 Å². The number of aryl methyl sites for hydroxylation is 1. The lowest BCUT2D eigenvalue weighted by Crippen LogP contribution is -2.39. The molecule has 1 aromatic heterocycles. The van der Waals surface area contributed by atoms with Crippen LogP contribution >= 0.6 is 23.5 Å². The molecule has 3 N–H and O–H groups in total. The Morgan fingerprint density at radius 3 is 2.85 bits per heavy atom. The van der Waals surface area contributed by atoms with Crippen molar-refractivity contribution in [2.24, 2.45) is 0 Å². The largest absolute Gasteiger partial charge is 0.383 e. The smallest absolute Gasteiger partial charge is 0.128 e. The zero-order chi connectivity index (χ0) is 14.5. The van der Waals surface area contributed by atoms with Crippen molar-refractivity contribution in [3.05, 3.63) is 23.4 Å². The molecule has 20 heavy (non-hydrogen) atoms. The van der Waals surface area contributed by atoms with Crippen LogP contribution in [0.2, 0.25) is 0 Å². The van der Waals surface area contributed by atoms with Crippen molar-refractivity contribution in [3.8, 4) is 0 Å². The normalized spacial score (nSPS) is 24.6. The molecule has 1 aromatic rings. The summed E-state index contributed by atoms with van der Waals surface area (Å²) in [5.41, 5.74) is 8.50. The Kier molecular flexibility index (Phi) is 6.05. The van der Waals surface area contributed by atoms with Gasteiger partial charge in [0, 0.05) is 39.8 Å². The highest BCUT2D eigenvalue weighted by atomic mass is 32.2. The summed E-state index contributed by atoms with van der Waals surface area (Å²) in [7, 11) is 0. The van der Waals surface area contributed by atoms with Gasteiger partial charge in [-0.1, -0.05) is 13.8 Å². The number of nitrogens with two attached hydrogens (primary N) is 1. The second-order valence-corrected chi connectivity index (χ2v) is 7.81. The molecule has 5 heteroatoms. The summed E-state index contributed by atoms with van der Waals surface area (Å²) in [5, 5.41) is 4.91. The highest BCUT2D eigenvalue weighted by Crippen LogP contribution is 2.41. The molecule has 112 valence electrons. The maximum absolute atomic E-state index is 6.15. The van der Waals surface area contributed by atoms with Crippen molar-refractivity contribution >= 4 is 29.3 Å². The van der Waals surface area contributed by atoms with E-state index in [1.54, 1.807) is 0 Å². The third kappa shape index (κ3) is 3.62. The minimum absolute atomic E-state index is 0.301. The summed E-state index contributed by atoms with van der Waals surface area (Å²) in [6.07, 6.45) is 3.06. The van der Waals surface area contributed by atoms with Crippen LogP contribution in [0, 0.1) is 6.92 Å². The predicted octanol–water partition coefficient (Wildman–Crippen LogP) is 3.25. The molecule has 0 aliphatic carbocycles. The van der Waals surface area contributed by atoms with E-state index in [9.17, 15) is 0 Å². The molecule has 1 aliphatic rings. The minimum Gasteiger partial charge on any atom is -0.383 e. The van der Waals surface area contributed by atoms with Gasteiger partial charge in [-0.05, 0) is 31.5 Å². The molecule has 0 amide bonds. The summed E-state index contributed by atoms with van der Waals surface area (Å²) in [6.45, 7) is 7.49. The zero-order valence-corrected chi connectivity index (χ0v) is 14.2. The van der Waals surface area contributed by atoms with E-state index in [2.05, 4.69) is 60.7 Å². The van der Waals surface area contributed by atoms with E-state index in [0.29, 0.717) is 22.4 Å². The van der Waals surface area contributed by atoms with Crippen LogP contribution in [-0.4, -0.2) is 33.5 Å². The molecule has 1 fully saturated rings. The first-order valence-electron chi connectivity index (χ1n) is 7.36. The zero-order valence-electron chi connectivity index (χ0n) is 12.6. The van der Waals surface area contributed by atoms with E-state index in [1.165, 1.54) is 29.1 Å². The maximum Gasteiger partial charge on any atom is 0.128 e. The number of nitrogen functional groups attached to an aromatic ring is 1. The highest BCUT2D eigenvalue weighted by molar-refractivity contribution is 8.07. The standard InChI is InChI=1S/C15H25N3S2/c1-4-12-14(20-7-6-19-12)13(17-5-2)11-8-10(3)9-18-15(11)16/h8-9,12-14,17H,4-7H2,1-3H3,(H2,16,18). The van der Waals surface area contributed by atoms with E-state index in [1.807, 2.05) is 6.20 Å². The molecule has 0 spiro atoms. The van der Waals surface area contributed by atoms with Crippen LogP contribution in [0.5, 0.6) is 0 Å². The van der Waals surface area contributed by atoms with Gasteiger partial charge in [-0.25, -0.2) is 4.98 Å². The maximum atomic E-state index is 6.15. The topological polar surface area (TPSA) is 50.9 Å². The molecule has 0 radical (unpaired) electrons. The van der Waals surface area contributed by atoms with E-state index in [-0.39, 0.29) is 0 Å². The molecule has 2 heterocycles. The van der Waals surface area contributed by atoms with Gasteiger partial charge in [0.25, 0.3) is 0 Å². The van der Waals surface area contributed by atoms with Crippen molar-refractivity contribution in [2.45, 2.75) is 43.7 Å². The summed E-state index contributed by atoms with van der Waals surface area (Å²) in [4.78, 5) is 4.35. The minimum atomic E-state index is 0.301. The van der Waals surface area contributed by atoms with Crippen LogP contribution in [0.15, 0.2) is 12.3 Å². The van der Waals surface area contributed by atoms with Gasteiger partial charge in [-0.2, -0.15) is 23.5 Å². The second kappa shape index (κ2) is 7.57. The average Bonchev–Trinajstić information content (AvgIpc) is 2.47. The lowest BCUT2D eigenvalue weighted by Gasteiger charge is -2.36. The molecule has 0 aromatic carbocycles. The summed E-state index contributed by atoms with van der Waals surface area (Å²) in [6, 6.07) is 2.50. The third-order valence-electron chi connectivity index (χ3n) is 3.67. The van der Waals surface area contributed by atoms with Crippen molar-refractivity contribution < 1.29 is 0 Å². The molecule has 0 saturated carbocycles. The lowest BCUT2D eigenvalue weighted by atomic mass is 9.99. The summed E-state index contributed by atoms with van der Waals surface area (Å²) < 4.78 is 0. The van der Waals surface area contributed by atoms with Gasteiger partial charge in [-0.15, -0.1) is 0 Å². The first-order chi connectivity index (χ1) is 9.67. The molecular weight excluding hydrogens is 286 g/mol. The summed E-state index contributed by atoms with van der Waals surface area (Å²) >= 11 is 4.19. The number of thioether (sulfide) groups is 2. The first-order valence-corrected chi connectivity index (χ1v) is 9.45. The van der Waals surface area contributed by atoms with Crippen LogP contribution in [0.1, 0.15) is 37.4 Å². The molecule has 3 atom stereocenters.